The highest BCUT2D eigenvalue weighted by atomic mass is 16.5. The minimum atomic E-state index is -0.558. The Morgan fingerprint density at radius 1 is 1.24 bits per heavy atom. The first-order valence-corrected chi connectivity index (χ1v) is 6.03. The van der Waals surface area contributed by atoms with E-state index in [1.165, 1.54) is 47.7 Å². The van der Waals surface area contributed by atoms with Gasteiger partial charge >= 0.3 is 5.97 Å². The van der Waals surface area contributed by atoms with Gasteiger partial charge in [0.1, 0.15) is 11.4 Å². The number of aryl methyl sites for hydroxylation is 1. The molecule has 0 aliphatic rings. The van der Waals surface area contributed by atoms with Gasteiger partial charge in [-0.25, -0.2) is 4.79 Å². The van der Waals surface area contributed by atoms with Crippen LogP contribution in [0.5, 0.6) is 0 Å². The summed E-state index contributed by atoms with van der Waals surface area (Å²) in [5.41, 5.74) is 0.0986. The van der Waals surface area contributed by atoms with Gasteiger partial charge in [0, 0.05) is 26.2 Å². The monoisotopic (exact) mass is 290 g/mol. The van der Waals surface area contributed by atoms with Gasteiger partial charge < -0.3 is 14.6 Å². The molecule has 8 nitrogen and oxygen atoms in total. The summed E-state index contributed by atoms with van der Waals surface area (Å²) in [6.07, 6.45) is 0. The average Bonchev–Trinajstić information content (AvgIpc) is 2.81. The number of aromatic nitrogens is 3. The van der Waals surface area contributed by atoms with Crippen molar-refractivity contribution in [2.24, 2.45) is 14.1 Å². The van der Waals surface area contributed by atoms with Crippen molar-refractivity contribution in [3.8, 4) is 0 Å². The SMILES string of the molecule is COC(=O)c1cc(NC(=O)c2cccc(=O)n2C)nn1C. The summed E-state index contributed by atoms with van der Waals surface area (Å²) in [5.74, 6) is -0.860. The van der Waals surface area contributed by atoms with Crippen LogP contribution in [-0.2, 0) is 18.8 Å². The van der Waals surface area contributed by atoms with Crippen LogP contribution in [-0.4, -0.2) is 33.3 Å². The van der Waals surface area contributed by atoms with Crippen LogP contribution in [0.3, 0.4) is 0 Å². The summed E-state index contributed by atoms with van der Waals surface area (Å²) in [6.45, 7) is 0. The number of anilines is 1. The third-order valence-corrected chi connectivity index (χ3v) is 2.93. The molecule has 0 spiro atoms. The summed E-state index contributed by atoms with van der Waals surface area (Å²) >= 11 is 0. The van der Waals surface area contributed by atoms with Crippen molar-refractivity contribution in [1.29, 1.82) is 0 Å². The molecule has 8 heteroatoms. The highest BCUT2D eigenvalue weighted by Crippen LogP contribution is 2.10. The van der Waals surface area contributed by atoms with E-state index in [1.807, 2.05) is 0 Å². The molecule has 2 heterocycles. The fourth-order valence-electron chi connectivity index (χ4n) is 1.80. The molecule has 110 valence electrons. The lowest BCUT2D eigenvalue weighted by molar-refractivity contribution is 0.0588. The summed E-state index contributed by atoms with van der Waals surface area (Å²) in [4.78, 5) is 35.1. The average molecular weight is 290 g/mol. The molecule has 0 aliphatic heterocycles. The molecule has 2 aromatic heterocycles. The maximum atomic E-state index is 12.1. The third-order valence-electron chi connectivity index (χ3n) is 2.93. The van der Waals surface area contributed by atoms with Gasteiger partial charge in [-0.05, 0) is 6.07 Å². The standard InChI is InChI=1S/C13H14N4O4/c1-16-8(5-4-6-11(16)18)12(19)14-10-7-9(13(20)21-3)17(2)15-10/h4-7H,1-3H3,(H,14,15,19). The van der Waals surface area contributed by atoms with Crippen molar-refractivity contribution < 1.29 is 14.3 Å². The van der Waals surface area contributed by atoms with Gasteiger partial charge in [-0.3, -0.25) is 14.3 Å². The van der Waals surface area contributed by atoms with Crippen LogP contribution in [0.2, 0.25) is 0 Å². The number of hydrogen-bond donors (Lipinski definition) is 1. The number of hydrogen-bond acceptors (Lipinski definition) is 5. The van der Waals surface area contributed by atoms with Gasteiger partial charge in [0.15, 0.2) is 5.82 Å². The molecule has 2 rings (SSSR count). The Morgan fingerprint density at radius 3 is 2.62 bits per heavy atom. The second kappa shape index (κ2) is 5.61. The van der Waals surface area contributed by atoms with Crippen molar-refractivity contribution in [3.05, 3.63) is 46.0 Å². The molecular weight excluding hydrogens is 276 g/mol. The summed E-state index contributed by atoms with van der Waals surface area (Å²) in [6, 6.07) is 5.76. The van der Waals surface area contributed by atoms with Crippen LogP contribution < -0.4 is 10.9 Å². The predicted octanol–water partition coefficient (Wildman–Crippen LogP) is 0.158. The van der Waals surface area contributed by atoms with Crippen LogP contribution in [0.15, 0.2) is 29.1 Å². The van der Waals surface area contributed by atoms with E-state index >= 15 is 0 Å². The number of amides is 1. The lowest BCUT2D eigenvalue weighted by Gasteiger charge is -2.06. The zero-order valence-corrected chi connectivity index (χ0v) is 11.8. The smallest absolute Gasteiger partial charge is 0.356 e. The predicted molar refractivity (Wildman–Crippen MR) is 74.2 cm³/mol. The highest BCUT2D eigenvalue weighted by molar-refractivity contribution is 6.03. The lowest BCUT2D eigenvalue weighted by atomic mass is 10.3. The number of methoxy groups -OCH3 is 1. The number of nitrogens with one attached hydrogen (secondary N) is 1. The van der Waals surface area contributed by atoms with Crippen molar-refractivity contribution >= 4 is 17.7 Å². The molecule has 21 heavy (non-hydrogen) atoms. The maximum Gasteiger partial charge on any atom is 0.356 e. The number of nitrogens with zero attached hydrogens (tertiary/aromatic N) is 3. The number of pyridine rings is 1. The Morgan fingerprint density at radius 2 is 1.95 bits per heavy atom. The minimum absolute atomic E-state index is 0.188. The Hall–Kier alpha value is -2.90. The normalized spacial score (nSPS) is 10.2. The Labute approximate surface area is 119 Å². The molecule has 1 amide bonds. The van der Waals surface area contributed by atoms with E-state index in [0.29, 0.717) is 0 Å². The van der Waals surface area contributed by atoms with Gasteiger partial charge in [0.05, 0.1) is 7.11 Å². The molecule has 1 N–H and O–H groups in total. The van der Waals surface area contributed by atoms with Crippen molar-refractivity contribution in [3.63, 3.8) is 0 Å². The summed E-state index contributed by atoms with van der Waals surface area (Å²) in [5, 5.41) is 6.52. The Bertz CT molecular complexity index is 760. The molecule has 0 aliphatic carbocycles. The number of carbonyl (C=O) groups is 2. The first-order valence-electron chi connectivity index (χ1n) is 6.03. The number of rotatable bonds is 3. The van der Waals surface area contributed by atoms with Crippen LogP contribution in [0, 0.1) is 0 Å². The maximum absolute atomic E-state index is 12.1. The van der Waals surface area contributed by atoms with E-state index in [9.17, 15) is 14.4 Å². The summed E-state index contributed by atoms with van der Waals surface area (Å²) < 4.78 is 7.12. The molecule has 0 bridgehead atoms. The minimum Gasteiger partial charge on any atom is -0.464 e. The van der Waals surface area contributed by atoms with E-state index in [-0.39, 0.29) is 22.8 Å². The quantitative estimate of drug-likeness (QED) is 0.812. The van der Waals surface area contributed by atoms with E-state index in [2.05, 4.69) is 15.2 Å². The topological polar surface area (TPSA) is 95.2 Å². The van der Waals surface area contributed by atoms with E-state index in [4.69, 9.17) is 0 Å². The van der Waals surface area contributed by atoms with E-state index in [1.54, 1.807) is 7.05 Å². The summed E-state index contributed by atoms with van der Waals surface area (Å²) in [7, 11) is 4.31. The second-order valence-corrected chi connectivity index (χ2v) is 4.29. The molecule has 0 aromatic carbocycles. The fourth-order valence-corrected chi connectivity index (χ4v) is 1.80. The van der Waals surface area contributed by atoms with Gasteiger partial charge in [-0.1, -0.05) is 6.07 Å². The van der Waals surface area contributed by atoms with E-state index in [0.717, 1.165) is 0 Å². The molecule has 2 aromatic rings. The molecule has 0 saturated heterocycles. The van der Waals surface area contributed by atoms with Gasteiger partial charge in [-0.15, -0.1) is 0 Å². The first-order chi connectivity index (χ1) is 9.93. The number of carbonyl (C=O) groups excluding carboxylic acids is 2. The van der Waals surface area contributed by atoms with Crippen molar-refractivity contribution in [1.82, 2.24) is 14.3 Å². The molecule has 0 unspecified atom stereocenters. The zero-order valence-electron chi connectivity index (χ0n) is 11.8. The van der Waals surface area contributed by atoms with E-state index < -0.39 is 11.9 Å². The lowest BCUT2D eigenvalue weighted by Crippen LogP contribution is -2.25. The van der Waals surface area contributed by atoms with Crippen LogP contribution in [0.4, 0.5) is 5.82 Å². The van der Waals surface area contributed by atoms with Crippen LogP contribution in [0.25, 0.3) is 0 Å². The second-order valence-electron chi connectivity index (χ2n) is 4.29. The fraction of sp³-hybridized carbons (Fsp3) is 0.231. The number of esters is 1. The van der Waals surface area contributed by atoms with Gasteiger partial charge in [0.25, 0.3) is 11.5 Å². The third kappa shape index (κ3) is 2.83. The molecule has 0 atom stereocenters. The first kappa shape index (κ1) is 14.5. The molecular formula is C13H14N4O4. The van der Waals surface area contributed by atoms with Crippen molar-refractivity contribution in [2.45, 2.75) is 0 Å². The number of ether oxygens (including phenoxy) is 1. The van der Waals surface area contributed by atoms with Gasteiger partial charge in [-0.2, -0.15) is 5.10 Å². The highest BCUT2D eigenvalue weighted by Gasteiger charge is 2.16. The van der Waals surface area contributed by atoms with Crippen LogP contribution >= 0.6 is 0 Å². The molecule has 0 radical (unpaired) electrons. The van der Waals surface area contributed by atoms with Crippen LogP contribution in [0.1, 0.15) is 21.0 Å². The largest absolute Gasteiger partial charge is 0.464 e. The van der Waals surface area contributed by atoms with Crippen molar-refractivity contribution in [2.75, 3.05) is 12.4 Å². The van der Waals surface area contributed by atoms with Gasteiger partial charge in [0.2, 0.25) is 0 Å². The Kier molecular flexibility index (Phi) is 3.88. The Balaban J connectivity index is 2.26. The molecule has 0 fully saturated rings. The molecule has 0 saturated carbocycles. The zero-order chi connectivity index (χ0) is 15.6.